The summed E-state index contributed by atoms with van der Waals surface area (Å²) in [4.78, 5) is 70.4. The SMILES string of the molecule is CCS[C@@H](OC(C)=O)[C@@H](OC(C)=O)[C@H](OC(C)=O)[C@H](OC(C)=O)[C@H](COC(C)=O)OC(C)=O. The molecule has 0 aliphatic rings. The Balaban J connectivity index is 6.63. The van der Waals surface area contributed by atoms with E-state index in [1.807, 2.05) is 0 Å². The van der Waals surface area contributed by atoms with Gasteiger partial charge in [-0.05, 0) is 5.75 Å². The van der Waals surface area contributed by atoms with Crippen LogP contribution in [0, 0.1) is 0 Å². The van der Waals surface area contributed by atoms with Crippen LogP contribution in [0.1, 0.15) is 48.5 Å². The fourth-order valence-corrected chi connectivity index (χ4v) is 3.59. The fraction of sp³-hybridized carbons (Fsp3) is 0.700. The summed E-state index contributed by atoms with van der Waals surface area (Å²) in [5.41, 5.74) is -1.19. The maximum absolute atomic E-state index is 11.9. The van der Waals surface area contributed by atoms with E-state index in [9.17, 15) is 28.8 Å². The smallest absolute Gasteiger partial charge is 0.303 e. The molecule has 0 rings (SSSR count). The van der Waals surface area contributed by atoms with Crippen molar-refractivity contribution in [1.29, 1.82) is 0 Å². The molecule has 0 aromatic rings. The van der Waals surface area contributed by atoms with Crippen LogP contribution in [0.2, 0.25) is 0 Å². The summed E-state index contributed by atoms with van der Waals surface area (Å²) in [6, 6.07) is 0. The van der Waals surface area contributed by atoms with Crippen LogP contribution in [-0.4, -0.2) is 78.0 Å². The standard InChI is InChI=1S/C20H30O12S/c1-8-33-20(32-15(7)26)19(31-14(6)25)18(30-13(5)24)17(29-12(4)23)16(28-11(3)22)9-27-10(2)21/h16-20H,8-9H2,1-7H3/t16-,17+,18+,19-,20+/m0/s1. The third-order valence-corrected chi connectivity index (χ3v) is 4.60. The maximum Gasteiger partial charge on any atom is 0.303 e. The normalized spacial score (nSPS) is 15.0. The van der Waals surface area contributed by atoms with E-state index in [4.69, 9.17) is 28.4 Å². The molecular weight excluding hydrogens is 464 g/mol. The van der Waals surface area contributed by atoms with Crippen molar-refractivity contribution in [3.05, 3.63) is 0 Å². The van der Waals surface area contributed by atoms with Crippen LogP contribution < -0.4 is 0 Å². The van der Waals surface area contributed by atoms with Crippen LogP contribution >= 0.6 is 11.8 Å². The molecule has 188 valence electrons. The number of carbonyl (C=O) groups excluding carboxylic acids is 6. The largest absolute Gasteiger partial charge is 0.462 e. The van der Waals surface area contributed by atoms with Crippen LogP contribution in [0.25, 0.3) is 0 Å². The molecule has 5 atom stereocenters. The molecule has 0 aromatic carbocycles. The number of thioether (sulfide) groups is 1. The Kier molecular flexibility index (Phi) is 13.8. The van der Waals surface area contributed by atoms with E-state index in [1.54, 1.807) is 6.92 Å². The van der Waals surface area contributed by atoms with Crippen LogP contribution in [0.4, 0.5) is 0 Å². The summed E-state index contributed by atoms with van der Waals surface area (Å²) in [6.45, 7) is 7.61. The number of carbonyl (C=O) groups is 6. The lowest BCUT2D eigenvalue weighted by Gasteiger charge is -2.37. The molecule has 12 nitrogen and oxygen atoms in total. The third kappa shape index (κ3) is 12.7. The number of hydrogen-bond donors (Lipinski definition) is 0. The summed E-state index contributed by atoms with van der Waals surface area (Å²) < 4.78 is 31.2. The van der Waals surface area contributed by atoms with Crippen LogP contribution in [0.15, 0.2) is 0 Å². The van der Waals surface area contributed by atoms with Gasteiger partial charge in [0, 0.05) is 41.5 Å². The average molecular weight is 495 g/mol. The Morgan fingerprint density at radius 2 is 1.00 bits per heavy atom. The second kappa shape index (κ2) is 15.1. The molecule has 13 heteroatoms. The summed E-state index contributed by atoms with van der Waals surface area (Å²) in [7, 11) is 0. The molecule has 33 heavy (non-hydrogen) atoms. The first-order valence-corrected chi connectivity index (χ1v) is 10.9. The second-order valence-corrected chi connectivity index (χ2v) is 7.98. The lowest BCUT2D eigenvalue weighted by atomic mass is 10.0. The highest BCUT2D eigenvalue weighted by Crippen LogP contribution is 2.28. The summed E-state index contributed by atoms with van der Waals surface area (Å²) in [6.07, 6.45) is -6.16. The molecule has 0 saturated carbocycles. The van der Waals surface area contributed by atoms with Gasteiger partial charge in [0.1, 0.15) is 6.61 Å². The minimum atomic E-state index is -1.61. The zero-order chi connectivity index (χ0) is 25.7. The monoisotopic (exact) mass is 494 g/mol. The topological polar surface area (TPSA) is 158 Å². The van der Waals surface area contributed by atoms with Crippen molar-refractivity contribution in [2.24, 2.45) is 0 Å². The van der Waals surface area contributed by atoms with E-state index in [1.165, 1.54) is 0 Å². The van der Waals surface area contributed by atoms with Gasteiger partial charge in [-0.3, -0.25) is 28.8 Å². The lowest BCUT2D eigenvalue weighted by Crippen LogP contribution is -2.56. The van der Waals surface area contributed by atoms with Gasteiger partial charge in [-0.1, -0.05) is 6.92 Å². The molecule has 0 heterocycles. The lowest BCUT2D eigenvalue weighted by molar-refractivity contribution is -0.208. The van der Waals surface area contributed by atoms with Crippen molar-refractivity contribution in [2.75, 3.05) is 12.4 Å². The Morgan fingerprint density at radius 1 is 0.576 bits per heavy atom. The zero-order valence-corrected chi connectivity index (χ0v) is 20.4. The van der Waals surface area contributed by atoms with Crippen molar-refractivity contribution in [3.8, 4) is 0 Å². The molecule has 0 fully saturated rings. The number of rotatable bonds is 13. The molecular formula is C20H30O12S. The van der Waals surface area contributed by atoms with Crippen molar-refractivity contribution in [1.82, 2.24) is 0 Å². The van der Waals surface area contributed by atoms with Gasteiger partial charge >= 0.3 is 35.8 Å². The van der Waals surface area contributed by atoms with Crippen LogP contribution in [0.5, 0.6) is 0 Å². The van der Waals surface area contributed by atoms with E-state index < -0.39 is 72.3 Å². The van der Waals surface area contributed by atoms with E-state index in [0.717, 1.165) is 53.3 Å². The highest BCUT2D eigenvalue weighted by atomic mass is 32.2. The first-order chi connectivity index (χ1) is 15.3. The van der Waals surface area contributed by atoms with E-state index in [2.05, 4.69) is 0 Å². The number of esters is 6. The summed E-state index contributed by atoms with van der Waals surface area (Å²) in [5.74, 6) is -4.45. The van der Waals surface area contributed by atoms with Gasteiger partial charge in [0.15, 0.2) is 29.9 Å². The highest BCUT2D eigenvalue weighted by Gasteiger charge is 2.48. The molecule has 0 radical (unpaired) electrons. The van der Waals surface area contributed by atoms with Crippen molar-refractivity contribution >= 4 is 47.6 Å². The van der Waals surface area contributed by atoms with Gasteiger partial charge < -0.3 is 28.4 Å². The molecule has 0 unspecified atom stereocenters. The average Bonchev–Trinajstić information content (AvgIpc) is 2.64. The molecule has 0 amide bonds. The predicted molar refractivity (Wildman–Crippen MR) is 113 cm³/mol. The molecule has 0 spiro atoms. The van der Waals surface area contributed by atoms with Gasteiger partial charge in [-0.15, -0.1) is 11.8 Å². The third-order valence-electron chi connectivity index (χ3n) is 3.57. The van der Waals surface area contributed by atoms with Crippen molar-refractivity contribution in [3.63, 3.8) is 0 Å². The minimum absolute atomic E-state index is 0.390. The highest BCUT2D eigenvalue weighted by molar-refractivity contribution is 7.99. The maximum atomic E-state index is 11.9. The molecule has 0 N–H and O–H groups in total. The van der Waals surface area contributed by atoms with Crippen LogP contribution in [0.3, 0.4) is 0 Å². The van der Waals surface area contributed by atoms with Gasteiger partial charge in [-0.2, -0.15) is 0 Å². The zero-order valence-electron chi connectivity index (χ0n) is 19.6. The predicted octanol–water partition coefficient (Wildman–Crippen LogP) is 0.919. The first-order valence-electron chi connectivity index (χ1n) is 9.89. The van der Waals surface area contributed by atoms with Gasteiger partial charge in [0.25, 0.3) is 0 Å². The molecule has 0 aliphatic carbocycles. The molecule has 0 aliphatic heterocycles. The molecule has 0 saturated heterocycles. The second-order valence-electron chi connectivity index (χ2n) is 6.61. The quantitative estimate of drug-likeness (QED) is 0.202. The van der Waals surface area contributed by atoms with Gasteiger partial charge in [0.05, 0.1) is 0 Å². The van der Waals surface area contributed by atoms with Crippen molar-refractivity contribution in [2.45, 2.75) is 78.3 Å². The first kappa shape index (κ1) is 30.2. The summed E-state index contributed by atoms with van der Waals surface area (Å²) >= 11 is 1.05. The van der Waals surface area contributed by atoms with E-state index in [-0.39, 0.29) is 0 Å². The fourth-order valence-electron chi connectivity index (χ4n) is 2.66. The molecule has 0 aromatic heterocycles. The Hall–Kier alpha value is -2.83. The Bertz CT molecular complexity index is 722. The Labute approximate surface area is 195 Å². The van der Waals surface area contributed by atoms with E-state index in [0.29, 0.717) is 5.75 Å². The van der Waals surface area contributed by atoms with Crippen molar-refractivity contribution < 1.29 is 57.2 Å². The number of ether oxygens (including phenoxy) is 6. The van der Waals surface area contributed by atoms with Gasteiger partial charge in [0.2, 0.25) is 0 Å². The Morgan fingerprint density at radius 3 is 1.39 bits per heavy atom. The number of hydrogen-bond acceptors (Lipinski definition) is 13. The van der Waals surface area contributed by atoms with Gasteiger partial charge in [-0.25, -0.2) is 0 Å². The summed E-state index contributed by atoms with van der Waals surface area (Å²) in [5, 5.41) is 0. The van der Waals surface area contributed by atoms with E-state index >= 15 is 0 Å². The van der Waals surface area contributed by atoms with Crippen LogP contribution in [-0.2, 0) is 57.2 Å². The molecule has 0 bridgehead atoms. The minimum Gasteiger partial charge on any atom is -0.462 e.